The molecule has 0 radical (unpaired) electrons. The molecule has 0 bridgehead atoms. The van der Waals surface area contributed by atoms with E-state index in [1.165, 1.54) is 37.1 Å². The van der Waals surface area contributed by atoms with E-state index in [-0.39, 0.29) is 0 Å². The molecule has 1 aliphatic rings. The van der Waals surface area contributed by atoms with Gasteiger partial charge in [-0.2, -0.15) is 0 Å². The van der Waals surface area contributed by atoms with Crippen molar-refractivity contribution >= 4 is 11.6 Å². The molecule has 0 atom stereocenters. The lowest BCUT2D eigenvalue weighted by Crippen LogP contribution is -2.29. The Kier molecular flexibility index (Phi) is 3.66. The summed E-state index contributed by atoms with van der Waals surface area (Å²) in [5, 5.41) is 0. The zero-order valence-electron chi connectivity index (χ0n) is 9.25. The molecule has 1 heterocycles. The number of rotatable bonds is 2. The van der Waals surface area contributed by atoms with E-state index in [0.29, 0.717) is 5.88 Å². The highest BCUT2D eigenvalue weighted by Gasteiger charge is 2.17. The summed E-state index contributed by atoms with van der Waals surface area (Å²) in [6, 6.07) is 8.79. The number of hydrogen-bond donors (Lipinski definition) is 0. The minimum absolute atomic E-state index is 0.619. The van der Waals surface area contributed by atoms with Crippen LogP contribution in [0.25, 0.3) is 0 Å². The summed E-state index contributed by atoms with van der Waals surface area (Å²) in [4.78, 5) is 2.41. The molecule has 0 aliphatic carbocycles. The summed E-state index contributed by atoms with van der Waals surface area (Å²) in [6.07, 6.45) is 2.58. The van der Waals surface area contributed by atoms with Crippen molar-refractivity contribution in [2.45, 2.75) is 24.6 Å². The van der Waals surface area contributed by atoms with Gasteiger partial charge in [0.1, 0.15) is 0 Å². The highest BCUT2D eigenvalue weighted by atomic mass is 35.5. The van der Waals surface area contributed by atoms with E-state index in [4.69, 9.17) is 11.6 Å². The lowest BCUT2D eigenvalue weighted by atomic mass is 9.89. The maximum atomic E-state index is 5.78. The van der Waals surface area contributed by atoms with Gasteiger partial charge in [-0.3, -0.25) is 0 Å². The van der Waals surface area contributed by atoms with Crippen molar-refractivity contribution in [3.63, 3.8) is 0 Å². The number of likely N-dealkylation sites (tertiary alicyclic amines) is 1. The Morgan fingerprint density at radius 2 is 1.80 bits per heavy atom. The molecule has 15 heavy (non-hydrogen) atoms. The molecule has 2 rings (SSSR count). The standard InChI is InChI=1S/C13H18ClN/c1-15-8-6-13(7-9-15)12-4-2-11(10-14)3-5-12/h2-5,13H,6-10H2,1H3. The molecule has 0 aromatic heterocycles. The van der Waals surface area contributed by atoms with Crippen LogP contribution in [-0.2, 0) is 5.88 Å². The lowest BCUT2D eigenvalue weighted by Gasteiger charge is -2.29. The molecule has 1 fully saturated rings. The van der Waals surface area contributed by atoms with Crippen LogP contribution in [0, 0.1) is 0 Å². The van der Waals surface area contributed by atoms with E-state index < -0.39 is 0 Å². The fraction of sp³-hybridized carbons (Fsp3) is 0.538. The zero-order valence-corrected chi connectivity index (χ0v) is 10.0. The summed E-state index contributed by atoms with van der Waals surface area (Å²) in [5.41, 5.74) is 2.70. The van der Waals surface area contributed by atoms with Crippen molar-refractivity contribution in [1.82, 2.24) is 4.90 Å². The summed E-state index contributed by atoms with van der Waals surface area (Å²) >= 11 is 5.78. The second-order valence-electron chi connectivity index (χ2n) is 4.45. The zero-order chi connectivity index (χ0) is 10.7. The third kappa shape index (κ3) is 2.73. The number of benzene rings is 1. The summed E-state index contributed by atoms with van der Waals surface area (Å²) in [7, 11) is 2.20. The van der Waals surface area contributed by atoms with Gasteiger partial charge in [0.05, 0.1) is 0 Å². The largest absolute Gasteiger partial charge is 0.306 e. The van der Waals surface area contributed by atoms with Gasteiger partial charge < -0.3 is 4.90 Å². The van der Waals surface area contributed by atoms with Gasteiger partial charge in [0.15, 0.2) is 0 Å². The summed E-state index contributed by atoms with van der Waals surface area (Å²) < 4.78 is 0. The van der Waals surface area contributed by atoms with Gasteiger partial charge in [0.25, 0.3) is 0 Å². The van der Waals surface area contributed by atoms with E-state index in [1.54, 1.807) is 0 Å². The average molecular weight is 224 g/mol. The Morgan fingerprint density at radius 1 is 1.20 bits per heavy atom. The molecule has 82 valence electrons. The highest BCUT2D eigenvalue weighted by Crippen LogP contribution is 2.27. The predicted octanol–water partition coefficient (Wildman–Crippen LogP) is 3.23. The highest BCUT2D eigenvalue weighted by molar-refractivity contribution is 6.17. The van der Waals surface area contributed by atoms with Crippen molar-refractivity contribution in [2.24, 2.45) is 0 Å². The summed E-state index contributed by atoms with van der Waals surface area (Å²) in [6.45, 7) is 2.45. The molecule has 0 N–H and O–H groups in total. The monoisotopic (exact) mass is 223 g/mol. The molecule has 1 nitrogen and oxygen atoms in total. The fourth-order valence-corrected chi connectivity index (χ4v) is 2.40. The minimum atomic E-state index is 0.619. The molecule has 1 saturated heterocycles. The van der Waals surface area contributed by atoms with Crippen molar-refractivity contribution in [1.29, 1.82) is 0 Å². The van der Waals surface area contributed by atoms with Crippen LogP contribution >= 0.6 is 11.6 Å². The number of nitrogens with zero attached hydrogens (tertiary/aromatic N) is 1. The number of hydrogen-bond acceptors (Lipinski definition) is 1. The number of halogens is 1. The third-order valence-corrected chi connectivity index (χ3v) is 3.63. The van der Waals surface area contributed by atoms with Gasteiger partial charge in [-0.25, -0.2) is 0 Å². The minimum Gasteiger partial charge on any atom is -0.306 e. The molecule has 0 unspecified atom stereocenters. The fourth-order valence-electron chi connectivity index (χ4n) is 2.22. The normalized spacial score (nSPS) is 19.3. The molecule has 0 amide bonds. The molecular formula is C13H18ClN. The van der Waals surface area contributed by atoms with Crippen molar-refractivity contribution < 1.29 is 0 Å². The lowest BCUT2D eigenvalue weighted by molar-refractivity contribution is 0.255. The van der Waals surface area contributed by atoms with Crippen LogP contribution in [0.4, 0.5) is 0 Å². The Bertz CT molecular complexity index is 299. The molecule has 0 saturated carbocycles. The maximum Gasteiger partial charge on any atom is 0.0474 e. The molecule has 0 spiro atoms. The quantitative estimate of drug-likeness (QED) is 0.696. The first kappa shape index (κ1) is 11.0. The molecule has 1 aliphatic heterocycles. The first-order valence-electron chi connectivity index (χ1n) is 5.63. The molecule has 1 aromatic rings. The van der Waals surface area contributed by atoms with Crippen LogP contribution in [0.1, 0.15) is 29.9 Å². The maximum absolute atomic E-state index is 5.78. The van der Waals surface area contributed by atoms with Crippen LogP contribution < -0.4 is 0 Å². The predicted molar refractivity (Wildman–Crippen MR) is 65.5 cm³/mol. The SMILES string of the molecule is CN1CCC(c2ccc(CCl)cc2)CC1. The van der Waals surface area contributed by atoms with E-state index in [9.17, 15) is 0 Å². The van der Waals surface area contributed by atoms with Crippen LogP contribution in [0.15, 0.2) is 24.3 Å². The smallest absolute Gasteiger partial charge is 0.0474 e. The number of alkyl halides is 1. The Balaban J connectivity index is 2.03. The van der Waals surface area contributed by atoms with Crippen LogP contribution in [0.3, 0.4) is 0 Å². The van der Waals surface area contributed by atoms with Gasteiger partial charge in [-0.15, -0.1) is 11.6 Å². The topological polar surface area (TPSA) is 3.24 Å². The third-order valence-electron chi connectivity index (χ3n) is 3.32. The second-order valence-corrected chi connectivity index (χ2v) is 4.72. The van der Waals surface area contributed by atoms with Crippen LogP contribution in [0.2, 0.25) is 0 Å². The average Bonchev–Trinajstić information content (AvgIpc) is 2.30. The molecular weight excluding hydrogens is 206 g/mol. The van der Waals surface area contributed by atoms with E-state index in [2.05, 4.69) is 36.2 Å². The first-order valence-corrected chi connectivity index (χ1v) is 6.16. The van der Waals surface area contributed by atoms with Crippen molar-refractivity contribution in [3.05, 3.63) is 35.4 Å². The van der Waals surface area contributed by atoms with E-state index in [0.717, 1.165) is 5.92 Å². The Morgan fingerprint density at radius 3 is 2.33 bits per heavy atom. The van der Waals surface area contributed by atoms with Crippen molar-refractivity contribution in [3.8, 4) is 0 Å². The van der Waals surface area contributed by atoms with Crippen LogP contribution in [-0.4, -0.2) is 25.0 Å². The van der Waals surface area contributed by atoms with Gasteiger partial charge in [0, 0.05) is 5.88 Å². The van der Waals surface area contributed by atoms with Crippen molar-refractivity contribution in [2.75, 3.05) is 20.1 Å². The molecule has 2 heteroatoms. The summed E-state index contributed by atoms with van der Waals surface area (Å²) in [5.74, 6) is 1.37. The van der Waals surface area contributed by atoms with Gasteiger partial charge in [0.2, 0.25) is 0 Å². The second kappa shape index (κ2) is 5.00. The Labute approximate surface area is 97.0 Å². The van der Waals surface area contributed by atoms with Gasteiger partial charge >= 0.3 is 0 Å². The molecule has 1 aromatic carbocycles. The van der Waals surface area contributed by atoms with Crippen LogP contribution in [0.5, 0.6) is 0 Å². The van der Waals surface area contributed by atoms with E-state index >= 15 is 0 Å². The van der Waals surface area contributed by atoms with Gasteiger partial charge in [-0.05, 0) is 50.0 Å². The van der Waals surface area contributed by atoms with E-state index in [1.807, 2.05) is 0 Å². The Hall–Kier alpha value is -0.530. The number of piperidine rings is 1. The first-order chi connectivity index (χ1) is 7.29. The van der Waals surface area contributed by atoms with Gasteiger partial charge in [-0.1, -0.05) is 24.3 Å².